The van der Waals surface area contributed by atoms with Gasteiger partial charge in [0, 0.05) is 13.1 Å². The van der Waals surface area contributed by atoms with Crippen LogP contribution in [0, 0.1) is 11.8 Å². The minimum Gasteiger partial charge on any atom is -0.316 e. The van der Waals surface area contributed by atoms with Gasteiger partial charge in [-0.15, -0.1) is 0 Å². The van der Waals surface area contributed by atoms with Crippen molar-refractivity contribution in [3.8, 4) is 0 Å². The van der Waals surface area contributed by atoms with E-state index >= 15 is 0 Å². The number of aryl methyl sites for hydroxylation is 1. The average molecular weight is 244 g/mol. The van der Waals surface area contributed by atoms with Gasteiger partial charge in [0.2, 0.25) is 0 Å². The first kappa shape index (κ1) is 12.2. The van der Waals surface area contributed by atoms with Gasteiger partial charge >= 0.3 is 0 Å². The summed E-state index contributed by atoms with van der Waals surface area (Å²) in [4.78, 5) is 2.66. The second-order valence-electron chi connectivity index (χ2n) is 5.82. The molecule has 18 heavy (non-hydrogen) atoms. The maximum absolute atomic E-state index is 3.54. The van der Waals surface area contributed by atoms with Crippen LogP contribution in [-0.2, 0) is 13.0 Å². The molecule has 2 heteroatoms. The molecule has 3 rings (SSSR count). The largest absolute Gasteiger partial charge is 0.316 e. The molecule has 2 aliphatic rings. The van der Waals surface area contributed by atoms with E-state index in [9.17, 15) is 0 Å². The summed E-state index contributed by atoms with van der Waals surface area (Å²) in [5.41, 5.74) is 3.05. The molecule has 0 spiro atoms. The Kier molecular flexibility index (Phi) is 3.67. The average Bonchev–Trinajstić information content (AvgIpc) is 2.87. The van der Waals surface area contributed by atoms with Crippen molar-refractivity contribution in [3.63, 3.8) is 0 Å². The van der Waals surface area contributed by atoms with Crippen molar-refractivity contribution in [2.45, 2.75) is 26.3 Å². The lowest BCUT2D eigenvalue weighted by atomic mass is 9.88. The van der Waals surface area contributed by atoms with Crippen LogP contribution < -0.4 is 5.32 Å². The Morgan fingerprint density at radius 1 is 1.17 bits per heavy atom. The zero-order valence-electron chi connectivity index (χ0n) is 11.4. The van der Waals surface area contributed by atoms with E-state index in [0.717, 1.165) is 24.8 Å². The van der Waals surface area contributed by atoms with E-state index in [2.05, 4.69) is 41.4 Å². The molecule has 2 saturated heterocycles. The highest BCUT2D eigenvalue weighted by atomic mass is 15.1. The number of nitrogens with zero attached hydrogens (tertiary/aromatic N) is 1. The van der Waals surface area contributed by atoms with Crippen molar-refractivity contribution < 1.29 is 0 Å². The standard InChI is InChI=1S/C16H24N2/c1-2-13-5-3-4-6-15(13)11-18-8-7-14-9-17-10-16(14)12-18/h3-6,14,16-17H,2,7-12H2,1H3. The van der Waals surface area contributed by atoms with E-state index < -0.39 is 0 Å². The molecule has 0 saturated carbocycles. The van der Waals surface area contributed by atoms with Gasteiger partial charge in [0.1, 0.15) is 0 Å². The third kappa shape index (κ3) is 2.45. The fraction of sp³-hybridized carbons (Fsp3) is 0.625. The zero-order valence-corrected chi connectivity index (χ0v) is 11.4. The number of benzene rings is 1. The molecule has 0 radical (unpaired) electrons. The highest BCUT2D eigenvalue weighted by Crippen LogP contribution is 2.27. The van der Waals surface area contributed by atoms with Crippen molar-refractivity contribution in [1.29, 1.82) is 0 Å². The summed E-state index contributed by atoms with van der Waals surface area (Å²) in [6.45, 7) is 8.45. The van der Waals surface area contributed by atoms with Gasteiger partial charge in [0.15, 0.2) is 0 Å². The van der Waals surface area contributed by atoms with Crippen LogP contribution in [0.15, 0.2) is 24.3 Å². The predicted molar refractivity (Wildman–Crippen MR) is 75.6 cm³/mol. The molecule has 1 aromatic rings. The first-order chi connectivity index (χ1) is 8.86. The molecule has 0 amide bonds. The van der Waals surface area contributed by atoms with E-state index in [1.54, 1.807) is 0 Å². The second kappa shape index (κ2) is 5.41. The topological polar surface area (TPSA) is 15.3 Å². The normalized spacial score (nSPS) is 28.3. The summed E-state index contributed by atoms with van der Waals surface area (Å²) in [6.07, 6.45) is 2.53. The van der Waals surface area contributed by atoms with Crippen molar-refractivity contribution in [2.24, 2.45) is 11.8 Å². The van der Waals surface area contributed by atoms with Crippen molar-refractivity contribution >= 4 is 0 Å². The number of rotatable bonds is 3. The quantitative estimate of drug-likeness (QED) is 0.877. The van der Waals surface area contributed by atoms with Crippen LogP contribution in [0.5, 0.6) is 0 Å². The molecule has 0 aromatic heterocycles. The van der Waals surface area contributed by atoms with E-state index in [1.165, 1.54) is 43.7 Å². The van der Waals surface area contributed by atoms with Crippen LogP contribution in [0.4, 0.5) is 0 Å². The summed E-state index contributed by atoms with van der Waals surface area (Å²) in [6, 6.07) is 8.92. The molecule has 0 bridgehead atoms. The zero-order chi connectivity index (χ0) is 12.4. The number of likely N-dealkylation sites (tertiary alicyclic amines) is 1. The van der Waals surface area contributed by atoms with Crippen LogP contribution in [-0.4, -0.2) is 31.1 Å². The molecular formula is C16H24N2. The van der Waals surface area contributed by atoms with Gasteiger partial charge in [-0.1, -0.05) is 31.2 Å². The third-order valence-corrected chi connectivity index (χ3v) is 4.68. The van der Waals surface area contributed by atoms with Crippen molar-refractivity contribution in [2.75, 3.05) is 26.2 Å². The Hall–Kier alpha value is -0.860. The lowest BCUT2D eigenvalue weighted by Crippen LogP contribution is -2.39. The molecule has 2 atom stereocenters. The molecule has 98 valence electrons. The molecule has 2 fully saturated rings. The first-order valence-electron chi connectivity index (χ1n) is 7.36. The third-order valence-electron chi connectivity index (χ3n) is 4.68. The van der Waals surface area contributed by atoms with Crippen LogP contribution in [0.1, 0.15) is 24.5 Å². The number of hydrogen-bond donors (Lipinski definition) is 1. The van der Waals surface area contributed by atoms with Crippen LogP contribution in [0.25, 0.3) is 0 Å². The highest BCUT2D eigenvalue weighted by Gasteiger charge is 2.32. The van der Waals surface area contributed by atoms with Crippen LogP contribution >= 0.6 is 0 Å². The Morgan fingerprint density at radius 2 is 1.94 bits per heavy atom. The van der Waals surface area contributed by atoms with Gasteiger partial charge in [-0.05, 0) is 55.4 Å². The summed E-state index contributed by atoms with van der Waals surface area (Å²) < 4.78 is 0. The number of hydrogen-bond acceptors (Lipinski definition) is 2. The summed E-state index contributed by atoms with van der Waals surface area (Å²) in [5.74, 6) is 1.84. The van der Waals surface area contributed by atoms with E-state index in [1.807, 2.05) is 0 Å². The van der Waals surface area contributed by atoms with Gasteiger partial charge in [-0.25, -0.2) is 0 Å². The van der Waals surface area contributed by atoms with Crippen molar-refractivity contribution in [1.82, 2.24) is 10.2 Å². The lowest BCUT2D eigenvalue weighted by Gasteiger charge is -2.34. The van der Waals surface area contributed by atoms with E-state index in [4.69, 9.17) is 0 Å². The minimum atomic E-state index is 0.896. The maximum Gasteiger partial charge on any atom is 0.0236 e. The van der Waals surface area contributed by atoms with Crippen LogP contribution in [0.3, 0.4) is 0 Å². The Balaban J connectivity index is 1.66. The van der Waals surface area contributed by atoms with Gasteiger partial charge in [-0.2, -0.15) is 0 Å². The van der Waals surface area contributed by atoms with Gasteiger partial charge in [-0.3, -0.25) is 4.90 Å². The summed E-state index contributed by atoms with van der Waals surface area (Å²) in [7, 11) is 0. The van der Waals surface area contributed by atoms with E-state index in [-0.39, 0.29) is 0 Å². The van der Waals surface area contributed by atoms with Crippen LogP contribution in [0.2, 0.25) is 0 Å². The molecule has 2 unspecified atom stereocenters. The minimum absolute atomic E-state index is 0.896. The second-order valence-corrected chi connectivity index (χ2v) is 5.82. The molecule has 2 aliphatic heterocycles. The van der Waals surface area contributed by atoms with Crippen molar-refractivity contribution in [3.05, 3.63) is 35.4 Å². The highest BCUT2D eigenvalue weighted by molar-refractivity contribution is 5.27. The Bertz CT molecular complexity index is 402. The first-order valence-corrected chi connectivity index (χ1v) is 7.36. The smallest absolute Gasteiger partial charge is 0.0236 e. The summed E-state index contributed by atoms with van der Waals surface area (Å²) in [5, 5.41) is 3.54. The Labute approximate surface area is 110 Å². The fourth-order valence-electron chi connectivity index (χ4n) is 3.55. The SMILES string of the molecule is CCc1ccccc1CN1CCC2CNCC2C1. The predicted octanol–water partition coefficient (Wildman–Crippen LogP) is 2.29. The number of piperidine rings is 1. The number of nitrogens with one attached hydrogen (secondary N) is 1. The van der Waals surface area contributed by atoms with Gasteiger partial charge in [0.05, 0.1) is 0 Å². The molecular weight excluding hydrogens is 220 g/mol. The Morgan fingerprint density at radius 3 is 2.78 bits per heavy atom. The molecule has 2 nitrogen and oxygen atoms in total. The molecule has 1 N–H and O–H groups in total. The monoisotopic (exact) mass is 244 g/mol. The van der Waals surface area contributed by atoms with Gasteiger partial charge in [0.25, 0.3) is 0 Å². The van der Waals surface area contributed by atoms with E-state index in [0.29, 0.717) is 0 Å². The number of fused-ring (bicyclic) bond motifs is 1. The maximum atomic E-state index is 3.54. The molecule has 0 aliphatic carbocycles. The molecule has 2 heterocycles. The summed E-state index contributed by atoms with van der Waals surface area (Å²) >= 11 is 0. The fourth-order valence-corrected chi connectivity index (χ4v) is 3.55. The molecule has 1 aromatic carbocycles. The van der Waals surface area contributed by atoms with Gasteiger partial charge < -0.3 is 5.32 Å². The lowest BCUT2D eigenvalue weighted by molar-refractivity contribution is 0.142.